The molecule has 1 fully saturated rings. The monoisotopic (exact) mass is 352 g/mol. The molecule has 0 aromatic heterocycles. The van der Waals surface area contributed by atoms with Crippen molar-refractivity contribution in [3.05, 3.63) is 70.3 Å². The molecule has 0 amide bonds. The van der Waals surface area contributed by atoms with Crippen molar-refractivity contribution < 1.29 is 24.9 Å². The predicted octanol–water partition coefficient (Wildman–Crippen LogP) is 1.25. The molecule has 26 heavy (non-hydrogen) atoms. The molecule has 2 aromatic carbocycles. The van der Waals surface area contributed by atoms with Crippen LogP contribution in [0.25, 0.3) is 0 Å². The summed E-state index contributed by atoms with van der Waals surface area (Å²) in [5.74, 6) is 1.63. The van der Waals surface area contributed by atoms with Crippen molar-refractivity contribution in [2.45, 2.75) is 37.8 Å². The topological polar surface area (TPSA) is 87.0 Å². The molecule has 5 heteroatoms. The quantitative estimate of drug-likeness (QED) is 0.572. The van der Waals surface area contributed by atoms with Gasteiger partial charge in [-0.15, -0.1) is 6.42 Å². The molecule has 1 saturated heterocycles. The van der Waals surface area contributed by atoms with Crippen molar-refractivity contribution in [3.63, 3.8) is 0 Å². The number of carbonyl (C=O) groups is 1. The van der Waals surface area contributed by atoms with Gasteiger partial charge in [-0.05, 0) is 47.7 Å². The summed E-state index contributed by atoms with van der Waals surface area (Å²) in [5, 5.41) is 29.5. The number of esters is 1. The Labute approximate surface area is 151 Å². The van der Waals surface area contributed by atoms with Crippen LogP contribution in [0.2, 0.25) is 0 Å². The second-order valence-corrected chi connectivity index (χ2v) is 6.49. The predicted molar refractivity (Wildman–Crippen MR) is 95.2 cm³/mol. The fourth-order valence-corrected chi connectivity index (χ4v) is 3.03. The molecule has 3 rings (SSSR count). The Bertz CT molecular complexity index is 850. The zero-order valence-electron chi connectivity index (χ0n) is 14.3. The van der Waals surface area contributed by atoms with Gasteiger partial charge in [0.25, 0.3) is 0 Å². The first kappa shape index (κ1) is 18.2. The third-order valence-electron chi connectivity index (χ3n) is 4.69. The van der Waals surface area contributed by atoms with E-state index in [1.165, 1.54) is 0 Å². The van der Waals surface area contributed by atoms with Crippen LogP contribution < -0.4 is 0 Å². The van der Waals surface area contributed by atoms with Crippen molar-refractivity contribution in [1.29, 1.82) is 0 Å². The van der Waals surface area contributed by atoms with Gasteiger partial charge in [0.1, 0.15) is 12.2 Å². The number of rotatable bonds is 3. The highest BCUT2D eigenvalue weighted by atomic mass is 16.6. The molecule has 2 aromatic rings. The minimum atomic E-state index is -1.74. The molecule has 1 aliphatic rings. The average molecular weight is 352 g/mol. The number of carbonyl (C=O) groups excluding carboxylic acids is 1. The maximum absolute atomic E-state index is 11.7. The highest BCUT2D eigenvalue weighted by Gasteiger charge is 2.44. The molecule has 0 saturated carbocycles. The summed E-state index contributed by atoms with van der Waals surface area (Å²) in [6, 6.07) is 13.1. The summed E-state index contributed by atoms with van der Waals surface area (Å²) in [6.07, 6.45) is 0.280. The Kier molecular flexibility index (Phi) is 5.10. The number of aliphatic hydroxyl groups is 3. The van der Waals surface area contributed by atoms with Gasteiger partial charge < -0.3 is 20.1 Å². The van der Waals surface area contributed by atoms with E-state index in [9.17, 15) is 20.1 Å². The van der Waals surface area contributed by atoms with Crippen LogP contribution in [0.3, 0.4) is 0 Å². The molecule has 0 aliphatic carbocycles. The number of hydrogen-bond donors (Lipinski definition) is 3. The Morgan fingerprint density at radius 1 is 1.08 bits per heavy atom. The van der Waals surface area contributed by atoms with E-state index in [0.717, 1.165) is 22.3 Å². The fourth-order valence-electron chi connectivity index (χ4n) is 3.03. The van der Waals surface area contributed by atoms with Crippen molar-refractivity contribution in [3.8, 4) is 12.3 Å². The van der Waals surface area contributed by atoms with E-state index >= 15 is 0 Å². The number of hydrogen-bond acceptors (Lipinski definition) is 5. The third-order valence-corrected chi connectivity index (χ3v) is 4.69. The van der Waals surface area contributed by atoms with Gasteiger partial charge in [0.05, 0.1) is 0 Å². The van der Waals surface area contributed by atoms with Gasteiger partial charge >= 0.3 is 5.97 Å². The molecule has 1 aliphatic heterocycles. The van der Waals surface area contributed by atoms with Crippen LogP contribution in [0.1, 0.15) is 33.9 Å². The average Bonchev–Trinajstić information content (AvgIpc) is 2.65. The lowest BCUT2D eigenvalue weighted by molar-refractivity contribution is -0.203. The van der Waals surface area contributed by atoms with Crippen LogP contribution in [0.4, 0.5) is 0 Å². The molecule has 1 heterocycles. The van der Waals surface area contributed by atoms with E-state index in [2.05, 4.69) is 5.92 Å². The minimum absolute atomic E-state index is 0.567. The maximum atomic E-state index is 11.7. The molecule has 134 valence electrons. The Balaban J connectivity index is 1.87. The first-order valence-corrected chi connectivity index (χ1v) is 8.30. The number of ether oxygens (including phenoxy) is 1. The minimum Gasteiger partial charge on any atom is -0.453 e. The summed E-state index contributed by atoms with van der Waals surface area (Å²) in [5.41, 5.74) is 4.49. The van der Waals surface area contributed by atoms with E-state index in [0.29, 0.717) is 12.0 Å². The van der Waals surface area contributed by atoms with Gasteiger partial charge in [0.2, 0.25) is 0 Å². The second-order valence-electron chi connectivity index (χ2n) is 6.49. The zero-order chi connectivity index (χ0) is 18.8. The van der Waals surface area contributed by atoms with Crippen LogP contribution >= 0.6 is 0 Å². The van der Waals surface area contributed by atoms with Gasteiger partial charge in [-0.25, -0.2) is 4.79 Å². The van der Waals surface area contributed by atoms with Gasteiger partial charge in [-0.3, -0.25) is 0 Å². The smallest absolute Gasteiger partial charge is 0.338 e. The normalized spacial score (nSPS) is 25.4. The largest absolute Gasteiger partial charge is 0.453 e. The van der Waals surface area contributed by atoms with Crippen LogP contribution in [-0.4, -0.2) is 39.6 Å². The van der Waals surface area contributed by atoms with E-state index in [-0.39, 0.29) is 0 Å². The van der Waals surface area contributed by atoms with Crippen molar-refractivity contribution in [1.82, 2.24) is 0 Å². The molecular formula is C21H20O5. The van der Waals surface area contributed by atoms with Crippen LogP contribution in [-0.2, 0) is 16.0 Å². The Morgan fingerprint density at radius 3 is 2.42 bits per heavy atom. The molecule has 5 nitrogen and oxygen atoms in total. The molecule has 4 atom stereocenters. The lowest BCUT2D eigenvalue weighted by atomic mass is 9.91. The van der Waals surface area contributed by atoms with Gasteiger partial charge in [0, 0.05) is 5.56 Å². The Morgan fingerprint density at radius 2 is 1.77 bits per heavy atom. The van der Waals surface area contributed by atoms with Crippen molar-refractivity contribution in [2.75, 3.05) is 0 Å². The highest BCUT2D eigenvalue weighted by molar-refractivity contribution is 5.76. The Hall–Kier alpha value is -2.65. The summed E-state index contributed by atoms with van der Waals surface area (Å²) < 4.78 is 5.12. The lowest BCUT2D eigenvalue weighted by Crippen LogP contribution is -2.51. The number of aryl methyl sites for hydroxylation is 1. The first-order valence-electron chi connectivity index (χ1n) is 8.30. The summed E-state index contributed by atoms with van der Waals surface area (Å²) in [7, 11) is 0. The maximum Gasteiger partial charge on any atom is 0.338 e. The van der Waals surface area contributed by atoms with Gasteiger partial charge in [-0.1, -0.05) is 36.3 Å². The summed E-state index contributed by atoms with van der Waals surface area (Å²) in [4.78, 5) is 11.7. The van der Waals surface area contributed by atoms with E-state index in [1.807, 2.05) is 43.3 Å². The third kappa shape index (κ3) is 3.49. The van der Waals surface area contributed by atoms with E-state index < -0.39 is 30.4 Å². The summed E-state index contributed by atoms with van der Waals surface area (Å²) in [6.45, 7) is 1.97. The molecule has 2 unspecified atom stereocenters. The number of cyclic esters (lactones) is 1. The van der Waals surface area contributed by atoms with Crippen LogP contribution in [0.5, 0.6) is 0 Å². The molecule has 0 spiro atoms. The summed E-state index contributed by atoms with van der Waals surface area (Å²) >= 11 is 0. The number of terminal acetylenes is 1. The lowest BCUT2D eigenvalue weighted by Gasteiger charge is -2.34. The van der Waals surface area contributed by atoms with Gasteiger partial charge in [-0.2, -0.15) is 0 Å². The zero-order valence-corrected chi connectivity index (χ0v) is 14.3. The van der Waals surface area contributed by atoms with E-state index in [4.69, 9.17) is 11.2 Å². The van der Waals surface area contributed by atoms with Gasteiger partial charge in [0.15, 0.2) is 12.2 Å². The molecule has 0 bridgehead atoms. The standard InChI is InChI=1S/C21H20O5/c1-3-13-5-7-14(8-6-13)10-16-11-15(9-4-12(16)2)20-18(23)17(22)19(24)21(25)26-20/h1,4-9,11,17-20,22-24H,10H2,2H3/t17?,18-,19?,20+/m1/s1. The highest BCUT2D eigenvalue weighted by Crippen LogP contribution is 2.31. The molecular weight excluding hydrogens is 332 g/mol. The second kappa shape index (κ2) is 7.30. The molecule has 0 radical (unpaired) electrons. The number of benzene rings is 2. The van der Waals surface area contributed by atoms with Crippen LogP contribution in [0, 0.1) is 19.3 Å². The fraction of sp³-hybridized carbons (Fsp3) is 0.286. The number of aliphatic hydroxyl groups excluding tert-OH is 3. The van der Waals surface area contributed by atoms with Crippen molar-refractivity contribution >= 4 is 5.97 Å². The first-order chi connectivity index (χ1) is 12.4. The van der Waals surface area contributed by atoms with Crippen LogP contribution in [0.15, 0.2) is 42.5 Å². The SMILES string of the molecule is C#Cc1ccc(Cc2cc([C@@H]3OC(=O)C(O)C(O)[C@H]3O)ccc2C)cc1. The molecule has 3 N–H and O–H groups in total. The van der Waals surface area contributed by atoms with E-state index in [1.54, 1.807) is 6.07 Å². The van der Waals surface area contributed by atoms with Crippen molar-refractivity contribution in [2.24, 2.45) is 0 Å².